The molecule has 2 fully saturated rings. The molecule has 1 amide bonds. The predicted molar refractivity (Wildman–Crippen MR) is 89.9 cm³/mol. The van der Waals surface area contributed by atoms with Gasteiger partial charge in [-0.25, -0.2) is 0 Å². The summed E-state index contributed by atoms with van der Waals surface area (Å²) in [5, 5.41) is 3.57. The van der Waals surface area contributed by atoms with Gasteiger partial charge in [0, 0.05) is 37.5 Å². The van der Waals surface area contributed by atoms with Gasteiger partial charge in [0.2, 0.25) is 5.91 Å². The van der Waals surface area contributed by atoms with E-state index in [2.05, 4.69) is 10.2 Å². The number of amides is 1. The van der Waals surface area contributed by atoms with Crippen LogP contribution in [0, 0.1) is 0 Å². The van der Waals surface area contributed by atoms with Crippen LogP contribution in [-0.2, 0) is 14.3 Å². The largest absolute Gasteiger partial charge is 0.378 e. The highest BCUT2D eigenvalue weighted by Crippen LogP contribution is 2.36. The number of carbonyl (C=O) groups excluding carboxylic acids is 1. The van der Waals surface area contributed by atoms with Crippen LogP contribution in [0.3, 0.4) is 0 Å². The fourth-order valence-electron chi connectivity index (χ4n) is 3.62. The van der Waals surface area contributed by atoms with Crippen LogP contribution in [0.15, 0.2) is 24.3 Å². The maximum atomic E-state index is 12.3. The number of rotatable bonds is 4. The number of likely N-dealkylation sites (tertiary alicyclic amines) is 1. The van der Waals surface area contributed by atoms with Crippen LogP contribution in [-0.4, -0.2) is 55.9 Å². The lowest BCUT2D eigenvalue weighted by molar-refractivity contribution is -0.146. The monoisotopic (exact) mass is 338 g/mol. The molecule has 6 heteroatoms. The average Bonchev–Trinajstić information content (AvgIpc) is 2.98. The van der Waals surface area contributed by atoms with E-state index in [0.717, 1.165) is 44.6 Å². The summed E-state index contributed by atoms with van der Waals surface area (Å²) >= 11 is 5.85. The molecule has 5 nitrogen and oxygen atoms in total. The average molecular weight is 339 g/mol. The van der Waals surface area contributed by atoms with Crippen molar-refractivity contribution in [2.45, 2.75) is 31.0 Å². The number of ether oxygens (including phenoxy) is 2. The molecule has 3 rings (SSSR count). The molecule has 2 aliphatic heterocycles. The van der Waals surface area contributed by atoms with Crippen molar-refractivity contribution in [3.8, 4) is 0 Å². The Balaban J connectivity index is 1.57. The molecule has 1 N–H and O–H groups in total. The van der Waals surface area contributed by atoms with Gasteiger partial charge in [0.1, 0.15) is 5.60 Å². The number of hydrogen-bond donors (Lipinski definition) is 1. The number of halogens is 1. The van der Waals surface area contributed by atoms with Crippen molar-refractivity contribution in [3.05, 3.63) is 29.3 Å². The molecule has 2 heterocycles. The highest BCUT2D eigenvalue weighted by atomic mass is 35.5. The normalized spacial score (nSPS) is 28.2. The number of carbonyl (C=O) groups is 1. The zero-order valence-electron chi connectivity index (χ0n) is 13.4. The molecule has 23 heavy (non-hydrogen) atoms. The summed E-state index contributed by atoms with van der Waals surface area (Å²) in [6.07, 6.45) is 3.08. The van der Waals surface area contributed by atoms with Crippen LogP contribution in [0.1, 0.15) is 19.3 Å². The molecular weight excluding hydrogens is 316 g/mol. The third-order valence-electron chi connectivity index (χ3n) is 4.70. The molecule has 126 valence electrons. The third kappa shape index (κ3) is 3.86. The lowest BCUT2D eigenvalue weighted by Crippen LogP contribution is -2.58. The van der Waals surface area contributed by atoms with Crippen LogP contribution >= 0.6 is 11.6 Å². The predicted octanol–water partition coefficient (Wildman–Crippen LogP) is 2.55. The Bertz CT molecular complexity index is 543. The Morgan fingerprint density at radius 2 is 2.26 bits per heavy atom. The maximum absolute atomic E-state index is 12.3. The first kappa shape index (κ1) is 16.7. The summed E-state index contributed by atoms with van der Waals surface area (Å²) < 4.78 is 11.6. The van der Waals surface area contributed by atoms with Gasteiger partial charge in [-0.15, -0.1) is 0 Å². The second kappa shape index (κ2) is 7.18. The van der Waals surface area contributed by atoms with Crippen LogP contribution in [0.2, 0.25) is 5.02 Å². The molecule has 2 aliphatic rings. The first-order chi connectivity index (χ1) is 11.1. The summed E-state index contributed by atoms with van der Waals surface area (Å²) in [7, 11) is 1.75. The van der Waals surface area contributed by atoms with Gasteiger partial charge in [-0.1, -0.05) is 11.6 Å². The summed E-state index contributed by atoms with van der Waals surface area (Å²) in [6.45, 7) is 2.74. The van der Waals surface area contributed by atoms with Crippen LogP contribution in [0.25, 0.3) is 0 Å². The van der Waals surface area contributed by atoms with Crippen LogP contribution < -0.4 is 5.32 Å². The molecule has 2 atom stereocenters. The van der Waals surface area contributed by atoms with Crippen molar-refractivity contribution in [1.82, 2.24) is 4.90 Å². The molecule has 0 bridgehead atoms. The Labute approximate surface area is 141 Å². The smallest absolute Gasteiger partial charge is 0.238 e. The molecule has 0 aromatic heterocycles. The highest BCUT2D eigenvalue weighted by molar-refractivity contribution is 6.30. The minimum absolute atomic E-state index is 0.0173. The SMILES string of the molecule is CO[C@H]1CCN(CC(=O)Nc2ccc(Cl)cc2)C[C@@]12CCCO2. The third-order valence-corrected chi connectivity index (χ3v) is 4.95. The van der Waals surface area contributed by atoms with E-state index in [1.807, 2.05) is 0 Å². The van der Waals surface area contributed by atoms with Gasteiger partial charge in [-0.05, 0) is 43.5 Å². The van der Waals surface area contributed by atoms with E-state index in [1.54, 1.807) is 31.4 Å². The lowest BCUT2D eigenvalue weighted by Gasteiger charge is -2.44. The zero-order valence-corrected chi connectivity index (χ0v) is 14.1. The topological polar surface area (TPSA) is 50.8 Å². The van der Waals surface area contributed by atoms with E-state index in [-0.39, 0.29) is 17.6 Å². The lowest BCUT2D eigenvalue weighted by atomic mass is 9.87. The number of benzene rings is 1. The van der Waals surface area contributed by atoms with Crippen molar-refractivity contribution in [2.24, 2.45) is 0 Å². The highest BCUT2D eigenvalue weighted by Gasteiger charge is 2.47. The molecule has 0 saturated carbocycles. The van der Waals surface area contributed by atoms with E-state index < -0.39 is 0 Å². The van der Waals surface area contributed by atoms with Crippen molar-refractivity contribution in [2.75, 3.05) is 38.7 Å². The number of hydrogen-bond acceptors (Lipinski definition) is 4. The first-order valence-electron chi connectivity index (χ1n) is 8.06. The maximum Gasteiger partial charge on any atom is 0.238 e. The first-order valence-corrected chi connectivity index (χ1v) is 8.44. The summed E-state index contributed by atoms with van der Waals surface area (Å²) in [5.41, 5.74) is 0.520. The summed E-state index contributed by atoms with van der Waals surface area (Å²) in [5.74, 6) is -0.0173. The van der Waals surface area contributed by atoms with Gasteiger partial charge in [0.15, 0.2) is 0 Å². The van der Waals surface area contributed by atoms with E-state index in [9.17, 15) is 4.79 Å². The molecule has 2 saturated heterocycles. The van der Waals surface area contributed by atoms with Gasteiger partial charge in [0.05, 0.1) is 12.6 Å². The number of nitrogens with zero attached hydrogens (tertiary/aromatic N) is 1. The quantitative estimate of drug-likeness (QED) is 0.916. The fraction of sp³-hybridized carbons (Fsp3) is 0.588. The summed E-state index contributed by atoms with van der Waals surface area (Å²) in [4.78, 5) is 14.4. The Morgan fingerprint density at radius 1 is 1.48 bits per heavy atom. The van der Waals surface area contributed by atoms with Crippen molar-refractivity contribution in [1.29, 1.82) is 0 Å². The van der Waals surface area contributed by atoms with Crippen LogP contribution in [0.4, 0.5) is 5.69 Å². The standard InChI is InChI=1S/C17H23ClN2O3/c1-22-15-7-9-20(12-17(15)8-2-10-23-17)11-16(21)19-14-5-3-13(18)4-6-14/h3-6,15H,2,7-12H2,1H3,(H,19,21)/t15-,17-/m0/s1. The van der Waals surface area contributed by atoms with Crippen molar-refractivity contribution >= 4 is 23.2 Å². The van der Waals surface area contributed by atoms with Gasteiger partial charge in [-0.2, -0.15) is 0 Å². The van der Waals surface area contributed by atoms with E-state index in [4.69, 9.17) is 21.1 Å². The fourth-order valence-corrected chi connectivity index (χ4v) is 3.75. The van der Waals surface area contributed by atoms with E-state index in [0.29, 0.717) is 11.6 Å². The van der Waals surface area contributed by atoms with Gasteiger partial charge >= 0.3 is 0 Å². The second-order valence-corrected chi connectivity index (χ2v) is 6.73. The Morgan fingerprint density at radius 3 is 2.91 bits per heavy atom. The minimum Gasteiger partial charge on any atom is -0.378 e. The molecule has 1 spiro atoms. The van der Waals surface area contributed by atoms with Crippen LogP contribution in [0.5, 0.6) is 0 Å². The zero-order chi connectivity index (χ0) is 16.3. The second-order valence-electron chi connectivity index (χ2n) is 6.30. The van der Waals surface area contributed by atoms with E-state index in [1.165, 1.54) is 0 Å². The molecule has 0 unspecified atom stereocenters. The summed E-state index contributed by atoms with van der Waals surface area (Å²) in [6, 6.07) is 7.14. The Kier molecular flexibility index (Phi) is 5.21. The molecule has 1 aromatic carbocycles. The molecule has 1 aromatic rings. The number of piperidine rings is 1. The van der Waals surface area contributed by atoms with Gasteiger partial charge in [-0.3, -0.25) is 9.69 Å². The molecule has 0 radical (unpaired) electrons. The number of anilines is 1. The van der Waals surface area contributed by atoms with Crippen molar-refractivity contribution < 1.29 is 14.3 Å². The van der Waals surface area contributed by atoms with Gasteiger partial charge in [0.25, 0.3) is 0 Å². The molecule has 0 aliphatic carbocycles. The molecular formula is C17H23ClN2O3. The number of nitrogens with one attached hydrogen (secondary N) is 1. The Hall–Kier alpha value is -1.14. The minimum atomic E-state index is -0.243. The van der Waals surface area contributed by atoms with E-state index >= 15 is 0 Å². The number of methoxy groups -OCH3 is 1. The van der Waals surface area contributed by atoms with Crippen molar-refractivity contribution in [3.63, 3.8) is 0 Å². The van der Waals surface area contributed by atoms with Gasteiger partial charge < -0.3 is 14.8 Å².